The first-order valence-electron chi connectivity index (χ1n) is 12.0. The Hall–Kier alpha value is -2.59. The highest BCUT2D eigenvalue weighted by Crippen LogP contribution is 2.37. The number of hydrogen-bond acceptors (Lipinski definition) is 6. The number of pyridine rings is 1. The zero-order chi connectivity index (χ0) is 26.6. The Kier molecular flexibility index (Phi) is 8.79. The van der Waals surface area contributed by atoms with Gasteiger partial charge in [0.1, 0.15) is 11.9 Å². The van der Waals surface area contributed by atoms with E-state index in [-0.39, 0.29) is 27.4 Å². The molecule has 11 heteroatoms. The molecule has 3 N–H and O–H groups in total. The summed E-state index contributed by atoms with van der Waals surface area (Å²) in [5, 5.41) is 0.159. The number of ether oxygens (including phenoxy) is 1. The summed E-state index contributed by atoms with van der Waals surface area (Å²) in [6.07, 6.45) is 4.34. The number of nitrogens with one attached hydrogen (secondary N) is 1. The molecule has 0 spiro atoms. The molecule has 3 aromatic rings. The fourth-order valence-electron chi connectivity index (χ4n) is 4.27. The van der Waals surface area contributed by atoms with Crippen molar-refractivity contribution in [3.63, 3.8) is 0 Å². The average Bonchev–Trinajstić information content (AvgIpc) is 2.88. The van der Waals surface area contributed by atoms with Crippen LogP contribution in [0.5, 0.6) is 5.75 Å². The number of aromatic nitrogens is 1. The van der Waals surface area contributed by atoms with Gasteiger partial charge in [0.25, 0.3) is 0 Å². The van der Waals surface area contributed by atoms with Crippen LogP contribution in [0.2, 0.25) is 10.0 Å². The Morgan fingerprint density at radius 3 is 2.51 bits per heavy atom. The third-order valence-corrected chi connectivity index (χ3v) is 8.27. The fourth-order valence-corrected chi connectivity index (χ4v) is 6.04. The quantitative estimate of drug-likeness (QED) is 0.302. The molecule has 7 nitrogen and oxygen atoms in total. The van der Waals surface area contributed by atoms with Crippen LogP contribution >= 0.6 is 23.2 Å². The Bertz CT molecular complexity index is 1350. The smallest absolute Gasteiger partial charge is 0.233 e. The topological polar surface area (TPSA) is 97.5 Å². The monoisotopic (exact) mass is 566 g/mol. The van der Waals surface area contributed by atoms with Gasteiger partial charge in [0.15, 0.2) is 11.6 Å². The van der Waals surface area contributed by atoms with Crippen LogP contribution in [0.1, 0.15) is 37.9 Å². The summed E-state index contributed by atoms with van der Waals surface area (Å²) in [6, 6.07) is 11.3. The van der Waals surface area contributed by atoms with Crippen molar-refractivity contribution < 1.29 is 17.5 Å². The largest absolute Gasteiger partial charge is 0.482 e. The molecule has 2 heterocycles. The lowest BCUT2D eigenvalue weighted by atomic mass is 10.1. The van der Waals surface area contributed by atoms with Crippen molar-refractivity contribution in [1.82, 2.24) is 9.88 Å². The maximum atomic E-state index is 14.0. The van der Waals surface area contributed by atoms with Gasteiger partial charge in [0, 0.05) is 34.6 Å². The zero-order valence-corrected chi connectivity index (χ0v) is 22.7. The fraction of sp³-hybridized carbons (Fsp3) is 0.346. The number of piperidine rings is 1. The van der Waals surface area contributed by atoms with Crippen molar-refractivity contribution in [1.29, 1.82) is 0 Å². The van der Waals surface area contributed by atoms with Crippen LogP contribution in [-0.4, -0.2) is 43.7 Å². The summed E-state index contributed by atoms with van der Waals surface area (Å²) < 4.78 is 47.7. The van der Waals surface area contributed by atoms with E-state index in [0.29, 0.717) is 23.4 Å². The molecule has 0 bridgehead atoms. The van der Waals surface area contributed by atoms with E-state index in [1.165, 1.54) is 18.6 Å². The lowest BCUT2D eigenvalue weighted by Gasteiger charge is -2.26. The van der Waals surface area contributed by atoms with Gasteiger partial charge >= 0.3 is 0 Å². The van der Waals surface area contributed by atoms with E-state index in [0.717, 1.165) is 31.5 Å². The number of hydrogen-bond donors (Lipinski definition) is 2. The summed E-state index contributed by atoms with van der Waals surface area (Å²) >= 11 is 12.3. The second-order valence-corrected chi connectivity index (χ2v) is 11.7. The highest BCUT2D eigenvalue weighted by Gasteiger charge is 2.20. The van der Waals surface area contributed by atoms with Crippen LogP contribution in [0.4, 0.5) is 15.9 Å². The molecule has 0 saturated carbocycles. The van der Waals surface area contributed by atoms with E-state index in [2.05, 4.69) is 14.6 Å². The Balaban J connectivity index is 1.44. The molecular weight excluding hydrogens is 538 g/mol. The van der Waals surface area contributed by atoms with Crippen LogP contribution in [-0.2, 0) is 10.0 Å². The van der Waals surface area contributed by atoms with Crippen molar-refractivity contribution in [2.45, 2.75) is 32.3 Å². The van der Waals surface area contributed by atoms with Gasteiger partial charge in [0.05, 0.1) is 10.8 Å². The van der Waals surface area contributed by atoms with Gasteiger partial charge in [-0.15, -0.1) is 0 Å². The zero-order valence-electron chi connectivity index (χ0n) is 20.4. The lowest BCUT2D eigenvalue weighted by Crippen LogP contribution is -2.35. The third-order valence-electron chi connectivity index (χ3n) is 6.29. The van der Waals surface area contributed by atoms with E-state index in [1.54, 1.807) is 43.5 Å². The molecule has 1 atom stereocenters. The minimum Gasteiger partial charge on any atom is -0.482 e. The van der Waals surface area contributed by atoms with Gasteiger partial charge < -0.3 is 15.4 Å². The van der Waals surface area contributed by atoms with Gasteiger partial charge in [-0.05, 0) is 68.8 Å². The number of sulfonamides is 1. The van der Waals surface area contributed by atoms with E-state index in [4.69, 9.17) is 33.7 Å². The second-order valence-electron chi connectivity index (χ2n) is 9.02. The van der Waals surface area contributed by atoms with E-state index >= 15 is 0 Å². The Labute approximate surface area is 226 Å². The Morgan fingerprint density at radius 2 is 1.81 bits per heavy atom. The molecule has 1 unspecified atom stereocenters. The van der Waals surface area contributed by atoms with E-state index in [9.17, 15) is 12.8 Å². The first-order valence-corrected chi connectivity index (χ1v) is 14.4. The molecule has 2 aromatic carbocycles. The minimum atomic E-state index is -3.46. The molecule has 1 aliphatic rings. The molecule has 37 heavy (non-hydrogen) atoms. The summed E-state index contributed by atoms with van der Waals surface area (Å²) in [5.41, 5.74) is 8.29. The summed E-state index contributed by atoms with van der Waals surface area (Å²) in [7, 11) is -3.46. The lowest BCUT2D eigenvalue weighted by molar-refractivity contribution is 0.227. The van der Waals surface area contributed by atoms with Crippen molar-refractivity contribution >= 4 is 44.7 Å². The minimum absolute atomic E-state index is 0.0505. The molecule has 0 amide bonds. The van der Waals surface area contributed by atoms with Crippen LogP contribution in [0.15, 0.2) is 48.7 Å². The summed E-state index contributed by atoms with van der Waals surface area (Å²) in [5.74, 6) is -0.116. The number of rotatable bonds is 9. The molecule has 0 radical (unpaired) electrons. The van der Waals surface area contributed by atoms with Crippen molar-refractivity contribution in [2.75, 3.05) is 35.8 Å². The summed E-state index contributed by atoms with van der Waals surface area (Å²) in [6.45, 7) is 4.11. The number of anilines is 2. The van der Waals surface area contributed by atoms with Crippen LogP contribution < -0.4 is 15.2 Å². The first kappa shape index (κ1) is 27.4. The molecule has 1 saturated heterocycles. The molecule has 1 aromatic heterocycles. The standard InChI is InChI=1S/C26H29Cl2FN4O3S/c1-17(24-21(27)9-10-22(29)25(24)28)36-23-15-19(16-31-26(23)30)18-5-7-20(8-6-18)32-37(34,35)14-13-33-11-3-2-4-12-33/h5-10,15-17,32H,2-4,11-14H2,1H3,(H2,30,31). The number of nitrogens with zero attached hydrogens (tertiary/aromatic N) is 2. The number of halogens is 3. The summed E-state index contributed by atoms with van der Waals surface area (Å²) in [4.78, 5) is 6.40. The van der Waals surface area contributed by atoms with Gasteiger partial charge in [-0.2, -0.15) is 0 Å². The number of nitrogen functional groups attached to an aromatic ring is 1. The average molecular weight is 568 g/mol. The third kappa shape index (κ3) is 7.04. The SMILES string of the molecule is CC(Oc1cc(-c2ccc(NS(=O)(=O)CCN3CCCCC3)cc2)cnc1N)c1c(Cl)ccc(F)c1Cl. The molecular formula is C26H29Cl2FN4O3S. The van der Waals surface area contributed by atoms with Crippen LogP contribution in [0, 0.1) is 5.82 Å². The van der Waals surface area contributed by atoms with E-state index < -0.39 is 21.9 Å². The van der Waals surface area contributed by atoms with Crippen LogP contribution in [0.3, 0.4) is 0 Å². The number of benzene rings is 2. The van der Waals surface area contributed by atoms with Crippen molar-refractivity contribution in [3.8, 4) is 16.9 Å². The highest BCUT2D eigenvalue weighted by molar-refractivity contribution is 7.92. The highest BCUT2D eigenvalue weighted by atomic mass is 35.5. The predicted molar refractivity (Wildman–Crippen MR) is 147 cm³/mol. The molecule has 1 fully saturated rings. The number of nitrogens with two attached hydrogens (primary N) is 1. The van der Waals surface area contributed by atoms with Crippen molar-refractivity contribution in [2.24, 2.45) is 0 Å². The Morgan fingerprint density at radius 1 is 1.11 bits per heavy atom. The molecule has 0 aliphatic carbocycles. The van der Waals surface area contributed by atoms with E-state index in [1.807, 2.05) is 0 Å². The van der Waals surface area contributed by atoms with Gasteiger partial charge in [-0.3, -0.25) is 4.72 Å². The predicted octanol–water partition coefficient (Wildman–Crippen LogP) is 6.14. The molecule has 4 rings (SSSR count). The first-order chi connectivity index (χ1) is 17.6. The van der Waals surface area contributed by atoms with Crippen LogP contribution in [0.25, 0.3) is 11.1 Å². The van der Waals surface area contributed by atoms with Crippen molar-refractivity contribution in [3.05, 3.63) is 70.1 Å². The number of likely N-dealkylation sites (tertiary alicyclic amines) is 1. The normalized spacial score (nSPS) is 15.4. The maximum Gasteiger partial charge on any atom is 0.233 e. The van der Waals surface area contributed by atoms with Gasteiger partial charge in [-0.25, -0.2) is 17.8 Å². The maximum absolute atomic E-state index is 14.0. The van der Waals surface area contributed by atoms with Gasteiger partial charge in [-0.1, -0.05) is 41.8 Å². The second kappa shape index (κ2) is 11.9. The molecule has 198 valence electrons. The van der Waals surface area contributed by atoms with Gasteiger partial charge in [0.2, 0.25) is 10.0 Å². The molecule has 1 aliphatic heterocycles.